The van der Waals surface area contributed by atoms with E-state index in [0.717, 1.165) is 42.8 Å². The lowest BCUT2D eigenvalue weighted by molar-refractivity contribution is -0.129. The van der Waals surface area contributed by atoms with E-state index in [1.807, 2.05) is 21.9 Å². The summed E-state index contributed by atoms with van der Waals surface area (Å²) in [6.45, 7) is 11.9. The highest BCUT2D eigenvalue weighted by Gasteiger charge is 2.27. The first-order valence-corrected chi connectivity index (χ1v) is 14.9. The average Bonchev–Trinajstić information content (AvgIpc) is 3.04. The van der Waals surface area contributed by atoms with Gasteiger partial charge in [0.25, 0.3) is 5.56 Å². The maximum Gasteiger partial charge on any atom is 0.319 e. The van der Waals surface area contributed by atoms with Gasteiger partial charge in [0.1, 0.15) is 5.65 Å². The molecular weight excluding hydrogens is 546 g/mol. The van der Waals surface area contributed by atoms with Crippen LogP contribution in [-0.2, 0) is 11.3 Å². The van der Waals surface area contributed by atoms with Crippen molar-refractivity contribution in [2.24, 2.45) is 0 Å². The number of urea groups is 1. The third-order valence-corrected chi connectivity index (χ3v) is 8.32. The second-order valence-electron chi connectivity index (χ2n) is 11.2. The average molecular weight is 588 g/mol. The Kier molecular flexibility index (Phi) is 9.24. The van der Waals surface area contributed by atoms with E-state index in [2.05, 4.69) is 45.7 Å². The number of nitrogens with zero attached hydrogens (tertiary/aromatic N) is 8. The quantitative estimate of drug-likeness (QED) is 0.401. The molecule has 2 fully saturated rings. The third-order valence-electron chi connectivity index (χ3n) is 8.32. The van der Waals surface area contributed by atoms with Crippen LogP contribution in [0.5, 0.6) is 0 Å². The minimum absolute atomic E-state index is 0.0362. The number of carbonyl (C=O) groups excluding carboxylic acids is 2. The lowest BCUT2D eigenvalue weighted by Crippen LogP contribution is -2.55. The number of rotatable bonds is 8. The van der Waals surface area contributed by atoms with E-state index in [-0.39, 0.29) is 23.5 Å². The molecule has 0 radical (unpaired) electrons. The fourth-order valence-electron chi connectivity index (χ4n) is 5.80. The van der Waals surface area contributed by atoms with Gasteiger partial charge in [-0.05, 0) is 42.8 Å². The second kappa shape index (κ2) is 13.2. The molecule has 3 aromatic rings. The van der Waals surface area contributed by atoms with Crippen molar-refractivity contribution in [3.05, 3.63) is 65.6 Å². The number of nitrogens with one attached hydrogen (secondary N) is 1. The van der Waals surface area contributed by atoms with Crippen LogP contribution < -0.4 is 15.8 Å². The number of pyridine rings is 1. The molecule has 3 amide bonds. The van der Waals surface area contributed by atoms with Gasteiger partial charge in [0.05, 0.1) is 0 Å². The van der Waals surface area contributed by atoms with Crippen molar-refractivity contribution in [1.29, 1.82) is 0 Å². The zero-order chi connectivity index (χ0) is 30.5. The number of fused-ring (bicyclic) bond motifs is 1. The minimum Gasteiger partial charge on any atom is -0.368 e. The zero-order valence-corrected chi connectivity index (χ0v) is 25.3. The molecule has 2 saturated heterocycles. The summed E-state index contributed by atoms with van der Waals surface area (Å²) in [5.74, 6) is 0.379. The predicted molar refractivity (Wildman–Crippen MR) is 169 cm³/mol. The highest BCUT2D eigenvalue weighted by Crippen LogP contribution is 2.22. The highest BCUT2D eigenvalue weighted by atomic mass is 16.2. The van der Waals surface area contributed by atoms with Crippen LogP contribution >= 0.6 is 0 Å². The van der Waals surface area contributed by atoms with Crippen molar-refractivity contribution in [2.75, 3.05) is 76.7 Å². The monoisotopic (exact) mass is 587 g/mol. The molecule has 0 bridgehead atoms. The van der Waals surface area contributed by atoms with Crippen molar-refractivity contribution < 1.29 is 9.59 Å². The maximum absolute atomic E-state index is 13.0. The van der Waals surface area contributed by atoms with Crippen molar-refractivity contribution in [3.63, 3.8) is 0 Å². The molecular formula is C31H41N9O3. The first-order chi connectivity index (χ1) is 20.8. The van der Waals surface area contributed by atoms with Crippen LogP contribution in [0, 0.1) is 0 Å². The molecule has 2 aliphatic rings. The third kappa shape index (κ3) is 6.80. The van der Waals surface area contributed by atoms with Crippen LogP contribution in [0.1, 0.15) is 13.3 Å². The van der Waals surface area contributed by atoms with Crippen LogP contribution in [0.15, 0.2) is 60.0 Å². The summed E-state index contributed by atoms with van der Waals surface area (Å²) in [5.41, 5.74) is 2.41. The number of carbonyl (C=O) groups is 2. The van der Waals surface area contributed by atoms with Gasteiger partial charge in [0.2, 0.25) is 11.9 Å². The van der Waals surface area contributed by atoms with Gasteiger partial charge in [-0.2, -0.15) is 4.98 Å². The molecule has 0 spiro atoms. The predicted octanol–water partition coefficient (Wildman–Crippen LogP) is 2.45. The molecule has 12 heteroatoms. The lowest BCUT2D eigenvalue weighted by atomic mass is 10.1. The van der Waals surface area contributed by atoms with E-state index in [0.29, 0.717) is 50.9 Å². The molecule has 1 N–H and O–H groups in total. The highest BCUT2D eigenvalue weighted by molar-refractivity contribution is 5.87. The standard InChI is InChI=1S/C31H41N9O3/c1-5-25-22-39(27(41)6-2)18-15-36(25)19-20-40-28(42)12-7-23-21-32-30(34-29(23)40)33-24-8-10-26(11-9-24)37-13-16-38(17-14-37)31(43)35(3)4/h6-12,21,25H,2,5,13-20,22H2,1,3-4H3,(H,32,33,34)/t25-/m0/s1. The summed E-state index contributed by atoms with van der Waals surface area (Å²) in [5, 5.41) is 4.07. The zero-order valence-electron chi connectivity index (χ0n) is 25.3. The Bertz CT molecular complexity index is 1510. The van der Waals surface area contributed by atoms with Gasteiger partial charge in [-0.15, -0.1) is 0 Å². The normalized spacial score (nSPS) is 17.7. The summed E-state index contributed by atoms with van der Waals surface area (Å²) >= 11 is 0. The van der Waals surface area contributed by atoms with Crippen LogP contribution in [0.3, 0.4) is 0 Å². The second-order valence-corrected chi connectivity index (χ2v) is 11.2. The van der Waals surface area contributed by atoms with Crippen LogP contribution in [-0.4, -0.2) is 119 Å². The van der Waals surface area contributed by atoms with Crippen LogP contribution in [0.25, 0.3) is 11.0 Å². The van der Waals surface area contributed by atoms with Gasteiger partial charge in [-0.1, -0.05) is 13.5 Å². The molecule has 4 heterocycles. The number of amides is 3. The van der Waals surface area contributed by atoms with Crippen LogP contribution in [0.2, 0.25) is 0 Å². The topological polar surface area (TPSA) is 110 Å². The number of hydrogen-bond donors (Lipinski definition) is 1. The summed E-state index contributed by atoms with van der Waals surface area (Å²) in [6.07, 6.45) is 4.02. The number of benzene rings is 1. The SMILES string of the molecule is C=CC(=O)N1CCN(CCn2c(=O)ccc3cnc(Nc4ccc(N5CCN(C(=O)N(C)C)CC5)cc4)nc32)[C@@H](CC)C1. The van der Waals surface area contributed by atoms with E-state index in [1.165, 1.54) is 6.08 Å². The molecule has 228 valence electrons. The molecule has 0 saturated carbocycles. The summed E-state index contributed by atoms with van der Waals surface area (Å²) < 4.78 is 1.71. The molecule has 12 nitrogen and oxygen atoms in total. The van der Waals surface area contributed by atoms with Crippen molar-refractivity contribution in [1.82, 2.24) is 34.1 Å². The molecule has 1 atom stereocenters. The van der Waals surface area contributed by atoms with Gasteiger partial charge < -0.3 is 24.9 Å². The van der Waals surface area contributed by atoms with E-state index >= 15 is 0 Å². The number of anilines is 3. The van der Waals surface area contributed by atoms with Gasteiger partial charge in [-0.3, -0.25) is 19.1 Å². The van der Waals surface area contributed by atoms with Crippen molar-refractivity contribution >= 4 is 40.3 Å². The molecule has 43 heavy (non-hydrogen) atoms. The van der Waals surface area contributed by atoms with Crippen molar-refractivity contribution in [3.8, 4) is 0 Å². The van der Waals surface area contributed by atoms with E-state index in [9.17, 15) is 14.4 Å². The van der Waals surface area contributed by atoms with Crippen molar-refractivity contribution in [2.45, 2.75) is 25.9 Å². The first kappa shape index (κ1) is 30.0. The Morgan fingerprint density at radius 3 is 2.40 bits per heavy atom. The Balaban J connectivity index is 1.25. The Labute approximate surface area is 252 Å². The van der Waals surface area contributed by atoms with E-state index in [1.54, 1.807) is 41.9 Å². The molecule has 0 aliphatic carbocycles. The van der Waals surface area contributed by atoms with Gasteiger partial charge >= 0.3 is 6.03 Å². The molecule has 0 unspecified atom stereocenters. The summed E-state index contributed by atoms with van der Waals surface area (Å²) in [4.78, 5) is 56.5. The van der Waals surface area contributed by atoms with E-state index < -0.39 is 0 Å². The minimum atomic E-state index is -0.109. The van der Waals surface area contributed by atoms with Crippen LogP contribution in [0.4, 0.5) is 22.1 Å². The fraction of sp³-hybridized carbons (Fsp3) is 0.452. The maximum atomic E-state index is 13.0. The molecule has 1 aromatic carbocycles. The molecule has 2 aromatic heterocycles. The Morgan fingerprint density at radius 2 is 1.72 bits per heavy atom. The summed E-state index contributed by atoms with van der Waals surface area (Å²) in [7, 11) is 3.55. The van der Waals surface area contributed by atoms with Gasteiger partial charge in [0.15, 0.2) is 0 Å². The lowest BCUT2D eigenvalue weighted by Gasteiger charge is -2.41. The number of hydrogen-bond acceptors (Lipinski definition) is 8. The number of piperazine rings is 2. The largest absolute Gasteiger partial charge is 0.368 e. The molecule has 2 aliphatic heterocycles. The van der Waals surface area contributed by atoms with Gasteiger partial charge in [-0.25, -0.2) is 9.78 Å². The smallest absolute Gasteiger partial charge is 0.319 e. The van der Waals surface area contributed by atoms with E-state index in [4.69, 9.17) is 4.98 Å². The molecule has 5 rings (SSSR count). The summed E-state index contributed by atoms with van der Waals surface area (Å²) in [6, 6.07) is 11.7. The Morgan fingerprint density at radius 1 is 1.00 bits per heavy atom. The number of aromatic nitrogens is 3. The first-order valence-electron chi connectivity index (χ1n) is 14.9. The Hall–Kier alpha value is -4.45. The fourth-order valence-corrected chi connectivity index (χ4v) is 5.80. The van der Waals surface area contributed by atoms with Gasteiger partial charge in [0, 0.05) is 108 Å².